The first-order valence-corrected chi connectivity index (χ1v) is 8.24. The average molecular weight is 284 g/mol. The van der Waals surface area contributed by atoms with Crippen LogP contribution >= 0.6 is 0 Å². The van der Waals surface area contributed by atoms with Crippen LogP contribution < -0.4 is 5.73 Å². The summed E-state index contributed by atoms with van der Waals surface area (Å²) in [6, 6.07) is 6.41. The Morgan fingerprint density at radius 2 is 1.79 bits per heavy atom. The minimum atomic E-state index is -3.42. The summed E-state index contributed by atoms with van der Waals surface area (Å²) in [5, 5.41) is 0. The highest BCUT2D eigenvalue weighted by Crippen LogP contribution is 2.21. The van der Waals surface area contributed by atoms with Gasteiger partial charge in [-0.1, -0.05) is 20.3 Å². The molecule has 0 bridgehead atoms. The van der Waals surface area contributed by atoms with Crippen LogP contribution in [0.5, 0.6) is 0 Å². The zero-order chi connectivity index (χ0) is 14.5. The fraction of sp³-hybridized carbons (Fsp3) is 0.571. The number of sulfonamides is 1. The molecule has 0 aromatic heterocycles. The van der Waals surface area contributed by atoms with E-state index in [-0.39, 0.29) is 6.04 Å². The number of nitrogens with zero attached hydrogens (tertiary/aromatic N) is 1. The molecule has 0 heterocycles. The molecule has 19 heavy (non-hydrogen) atoms. The van der Waals surface area contributed by atoms with Gasteiger partial charge in [0.05, 0.1) is 4.90 Å². The summed E-state index contributed by atoms with van der Waals surface area (Å²) >= 11 is 0. The molecular formula is C14H24N2O2S. The summed E-state index contributed by atoms with van der Waals surface area (Å²) in [6.45, 7) is 6.58. The number of unbranched alkanes of at least 4 members (excludes halogenated alkanes) is 1. The van der Waals surface area contributed by atoms with Crippen molar-refractivity contribution < 1.29 is 8.42 Å². The molecule has 1 rings (SSSR count). The number of hydrogen-bond donors (Lipinski definition) is 1. The number of hydrogen-bond acceptors (Lipinski definition) is 3. The van der Waals surface area contributed by atoms with Crippen molar-refractivity contribution in [3.05, 3.63) is 24.3 Å². The van der Waals surface area contributed by atoms with Crippen molar-refractivity contribution in [1.82, 2.24) is 4.31 Å². The van der Waals surface area contributed by atoms with E-state index in [9.17, 15) is 8.42 Å². The molecule has 1 aromatic carbocycles. The van der Waals surface area contributed by atoms with E-state index in [1.54, 1.807) is 28.6 Å². The quantitative estimate of drug-likeness (QED) is 0.783. The van der Waals surface area contributed by atoms with Gasteiger partial charge in [-0.05, 0) is 44.0 Å². The average Bonchev–Trinajstić information content (AvgIpc) is 2.39. The Kier molecular flexibility index (Phi) is 5.82. The molecule has 0 spiro atoms. The molecule has 5 heteroatoms. The molecule has 0 radical (unpaired) electrons. The SMILES string of the molecule is CCCCN(C(C)CC)S(=O)(=O)c1ccc(N)cc1. The molecule has 0 fully saturated rings. The highest BCUT2D eigenvalue weighted by Gasteiger charge is 2.27. The van der Waals surface area contributed by atoms with E-state index in [0.717, 1.165) is 19.3 Å². The van der Waals surface area contributed by atoms with Crippen LogP contribution in [-0.4, -0.2) is 25.3 Å². The van der Waals surface area contributed by atoms with Crippen LogP contribution in [-0.2, 0) is 10.0 Å². The van der Waals surface area contributed by atoms with Gasteiger partial charge in [-0.15, -0.1) is 0 Å². The zero-order valence-electron chi connectivity index (χ0n) is 12.0. The fourth-order valence-electron chi connectivity index (χ4n) is 1.87. The molecule has 1 aromatic rings. The van der Waals surface area contributed by atoms with Crippen LogP contribution in [0, 0.1) is 0 Å². The van der Waals surface area contributed by atoms with Gasteiger partial charge < -0.3 is 5.73 Å². The van der Waals surface area contributed by atoms with Gasteiger partial charge in [-0.3, -0.25) is 0 Å². The smallest absolute Gasteiger partial charge is 0.243 e. The third-order valence-corrected chi connectivity index (χ3v) is 5.33. The van der Waals surface area contributed by atoms with Gasteiger partial charge in [0.2, 0.25) is 10.0 Å². The van der Waals surface area contributed by atoms with Gasteiger partial charge in [0.25, 0.3) is 0 Å². The summed E-state index contributed by atoms with van der Waals surface area (Å²) < 4.78 is 26.9. The Bertz CT molecular complexity index is 483. The first-order chi connectivity index (χ1) is 8.93. The first kappa shape index (κ1) is 16.0. The molecule has 1 unspecified atom stereocenters. The lowest BCUT2D eigenvalue weighted by molar-refractivity contribution is 0.324. The highest BCUT2D eigenvalue weighted by molar-refractivity contribution is 7.89. The second-order valence-electron chi connectivity index (χ2n) is 4.80. The van der Waals surface area contributed by atoms with Gasteiger partial charge in [0.15, 0.2) is 0 Å². The predicted molar refractivity (Wildman–Crippen MR) is 79.4 cm³/mol. The van der Waals surface area contributed by atoms with E-state index >= 15 is 0 Å². The maximum Gasteiger partial charge on any atom is 0.243 e. The Morgan fingerprint density at radius 1 is 1.21 bits per heavy atom. The second kappa shape index (κ2) is 6.91. The molecule has 2 N–H and O–H groups in total. The second-order valence-corrected chi connectivity index (χ2v) is 6.69. The van der Waals surface area contributed by atoms with Crippen LogP contribution in [0.2, 0.25) is 0 Å². The number of nitrogens with two attached hydrogens (primary N) is 1. The summed E-state index contributed by atoms with van der Waals surface area (Å²) in [7, 11) is -3.42. The molecule has 0 aliphatic heterocycles. The van der Waals surface area contributed by atoms with Crippen molar-refractivity contribution in [3.8, 4) is 0 Å². The first-order valence-electron chi connectivity index (χ1n) is 6.80. The van der Waals surface area contributed by atoms with Crippen molar-refractivity contribution in [2.75, 3.05) is 12.3 Å². The maximum absolute atomic E-state index is 12.6. The van der Waals surface area contributed by atoms with Crippen molar-refractivity contribution in [3.63, 3.8) is 0 Å². The third-order valence-electron chi connectivity index (χ3n) is 3.30. The third kappa shape index (κ3) is 3.94. The lowest BCUT2D eigenvalue weighted by Crippen LogP contribution is -2.39. The topological polar surface area (TPSA) is 63.4 Å². The van der Waals surface area contributed by atoms with Gasteiger partial charge in [0, 0.05) is 18.3 Å². The minimum Gasteiger partial charge on any atom is -0.399 e. The van der Waals surface area contributed by atoms with Gasteiger partial charge in [-0.25, -0.2) is 8.42 Å². The highest BCUT2D eigenvalue weighted by atomic mass is 32.2. The molecular weight excluding hydrogens is 260 g/mol. The summed E-state index contributed by atoms with van der Waals surface area (Å²) in [4.78, 5) is 0.318. The van der Waals surface area contributed by atoms with E-state index in [2.05, 4.69) is 6.92 Å². The predicted octanol–water partition coefficient (Wildman–Crippen LogP) is 2.86. The maximum atomic E-state index is 12.6. The summed E-state index contributed by atoms with van der Waals surface area (Å²) in [5.74, 6) is 0. The summed E-state index contributed by atoms with van der Waals surface area (Å²) in [6.07, 6.45) is 2.65. The molecule has 108 valence electrons. The fourth-order valence-corrected chi connectivity index (χ4v) is 3.61. The monoisotopic (exact) mass is 284 g/mol. The molecule has 0 saturated heterocycles. The van der Waals surface area contributed by atoms with Crippen LogP contribution in [0.25, 0.3) is 0 Å². The molecule has 4 nitrogen and oxygen atoms in total. The van der Waals surface area contributed by atoms with E-state index in [1.165, 1.54) is 0 Å². The van der Waals surface area contributed by atoms with Crippen molar-refractivity contribution >= 4 is 15.7 Å². The van der Waals surface area contributed by atoms with E-state index in [1.807, 2.05) is 13.8 Å². The van der Waals surface area contributed by atoms with Crippen molar-refractivity contribution in [2.24, 2.45) is 0 Å². The van der Waals surface area contributed by atoms with Gasteiger partial charge >= 0.3 is 0 Å². The van der Waals surface area contributed by atoms with Crippen LogP contribution in [0.15, 0.2) is 29.2 Å². The van der Waals surface area contributed by atoms with E-state index < -0.39 is 10.0 Å². The van der Waals surface area contributed by atoms with E-state index in [0.29, 0.717) is 17.1 Å². The lowest BCUT2D eigenvalue weighted by Gasteiger charge is -2.27. The Labute approximate surface area is 116 Å². The Hall–Kier alpha value is -1.07. The Balaban J connectivity index is 3.07. The van der Waals surface area contributed by atoms with E-state index in [4.69, 9.17) is 5.73 Å². The van der Waals surface area contributed by atoms with Crippen molar-refractivity contribution in [2.45, 2.75) is 51.0 Å². The van der Waals surface area contributed by atoms with Gasteiger partial charge in [0.1, 0.15) is 0 Å². The summed E-state index contributed by atoms with van der Waals surface area (Å²) in [5.41, 5.74) is 6.18. The molecule has 1 atom stereocenters. The molecule has 0 saturated carbocycles. The number of rotatable bonds is 7. The molecule has 0 amide bonds. The number of anilines is 1. The van der Waals surface area contributed by atoms with Gasteiger partial charge in [-0.2, -0.15) is 4.31 Å². The van der Waals surface area contributed by atoms with Crippen LogP contribution in [0.4, 0.5) is 5.69 Å². The normalized spacial score (nSPS) is 13.7. The number of benzene rings is 1. The lowest BCUT2D eigenvalue weighted by atomic mass is 10.2. The Morgan fingerprint density at radius 3 is 2.26 bits per heavy atom. The van der Waals surface area contributed by atoms with Crippen molar-refractivity contribution in [1.29, 1.82) is 0 Å². The standard InChI is InChI=1S/C14H24N2O2S/c1-4-6-11-16(12(3)5-2)19(17,18)14-9-7-13(15)8-10-14/h7-10,12H,4-6,11,15H2,1-3H3. The molecule has 0 aliphatic rings. The largest absolute Gasteiger partial charge is 0.399 e. The number of nitrogen functional groups attached to an aromatic ring is 1. The van der Waals surface area contributed by atoms with Crippen LogP contribution in [0.3, 0.4) is 0 Å². The zero-order valence-corrected chi connectivity index (χ0v) is 12.8. The van der Waals surface area contributed by atoms with Crippen LogP contribution in [0.1, 0.15) is 40.0 Å². The molecule has 0 aliphatic carbocycles. The minimum absolute atomic E-state index is 0.00843.